The Morgan fingerprint density at radius 2 is 1.63 bits per heavy atom. The Kier molecular flexibility index (Phi) is 9.54. The smallest absolute Gasteiger partial charge is 0.159 e. The highest BCUT2D eigenvalue weighted by molar-refractivity contribution is 4.67. The Hall–Kier alpha value is -0.0800. The first-order valence-corrected chi connectivity index (χ1v) is 8.46. The van der Waals surface area contributed by atoms with Crippen molar-refractivity contribution in [3.63, 3.8) is 0 Å². The van der Waals surface area contributed by atoms with E-state index >= 15 is 0 Å². The third-order valence-electron chi connectivity index (χ3n) is 4.47. The Bertz CT molecular complexity index is 193. The first-order chi connectivity index (χ1) is 9.31. The normalized spacial score (nSPS) is 18.9. The van der Waals surface area contributed by atoms with Crippen molar-refractivity contribution >= 4 is 0 Å². The summed E-state index contributed by atoms with van der Waals surface area (Å²) in [6, 6.07) is 0. The molecule has 0 heterocycles. The molecule has 1 fully saturated rings. The zero-order valence-electron chi connectivity index (χ0n) is 13.3. The first kappa shape index (κ1) is 17.0. The van der Waals surface area contributed by atoms with E-state index in [1.54, 1.807) is 7.11 Å². The van der Waals surface area contributed by atoms with Crippen LogP contribution in [0, 0.1) is 11.8 Å². The van der Waals surface area contributed by atoms with E-state index in [4.69, 9.17) is 9.47 Å². The van der Waals surface area contributed by atoms with Gasteiger partial charge in [-0.1, -0.05) is 58.8 Å². The van der Waals surface area contributed by atoms with Crippen LogP contribution in [0.5, 0.6) is 0 Å². The number of hydrogen-bond acceptors (Lipinski definition) is 2. The van der Waals surface area contributed by atoms with Crippen LogP contribution >= 0.6 is 0 Å². The number of ether oxygens (including phenoxy) is 2. The Balaban J connectivity index is 2.25. The molecule has 1 aliphatic carbocycles. The lowest BCUT2D eigenvalue weighted by atomic mass is 9.87. The van der Waals surface area contributed by atoms with Gasteiger partial charge in [0.15, 0.2) is 6.29 Å². The minimum absolute atomic E-state index is 0.0171. The Morgan fingerprint density at radius 1 is 1.00 bits per heavy atom. The van der Waals surface area contributed by atoms with Gasteiger partial charge < -0.3 is 9.47 Å². The minimum atomic E-state index is 0.0171. The molecule has 0 saturated heterocycles. The van der Waals surface area contributed by atoms with Gasteiger partial charge in [0.2, 0.25) is 0 Å². The van der Waals surface area contributed by atoms with E-state index < -0.39 is 0 Å². The van der Waals surface area contributed by atoms with Crippen molar-refractivity contribution in [3.8, 4) is 0 Å². The Labute approximate surface area is 120 Å². The predicted octanol–water partition coefficient (Wildman–Crippen LogP) is 5.16. The second kappa shape index (κ2) is 10.7. The molecule has 0 bridgehead atoms. The van der Waals surface area contributed by atoms with E-state index in [9.17, 15) is 0 Å². The van der Waals surface area contributed by atoms with Crippen molar-refractivity contribution in [1.82, 2.24) is 0 Å². The lowest BCUT2D eigenvalue weighted by Crippen LogP contribution is -2.27. The quantitative estimate of drug-likeness (QED) is 0.510. The fraction of sp³-hybridized carbons (Fsp3) is 1.00. The molecular weight excluding hydrogens is 236 g/mol. The van der Waals surface area contributed by atoms with Gasteiger partial charge >= 0.3 is 0 Å². The molecule has 2 heteroatoms. The van der Waals surface area contributed by atoms with Crippen LogP contribution < -0.4 is 0 Å². The van der Waals surface area contributed by atoms with E-state index in [-0.39, 0.29) is 6.29 Å². The topological polar surface area (TPSA) is 18.5 Å². The second-order valence-electron chi connectivity index (χ2n) is 6.11. The summed E-state index contributed by atoms with van der Waals surface area (Å²) in [6.07, 6.45) is 13.2. The van der Waals surface area contributed by atoms with Crippen LogP contribution in [0.15, 0.2) is 0 Å². The van der Waals surface area contributed by atoms with Crippen LogP contribution in [0.3, 0.4) is 0 Å². The summed E-state index contributed by atoms with van der Waals surface area (Å²) >= 11 is 0. The van der Waals surface area contributed by atoms with E-state index in [1.807, 2.05) is 0 Å². The SMILES string of the molecule is CCCC(CCC)C(OC)OCCC1CCCCC1. The lowest BCUT2D eigenvalue weighted by molar-refractivity contribution is -0.161. The van der Waals surface area contributed by atoms with Gasteiger partial charge in [-0.15, -0.1) is 0 Å². The molecule has 0 aromatic rings. The number of methoxy groups -OCH3 is 1. The van der Waals surface area contributed by atoms with Crippen LogP contribution in [0.4, 0.5) is 0 Å². The largest absolute Gasteiger partial charge is 0.356 e. The van der Waals surface area contributed by atoms with Crippen LogP contribution in [0.25, 0.3) is 0 Å². The highest BCUT2D eigenvalue weighted by Gasteiger charge is 2.21. The molecule has 0 amide bonds. The molecule has 114 valence electrons. The minimum Gasteiger partial charge on any atom is -0.356 e. The van der Waals surface area contributed by atoms with Crippen LogP contribution in [0.2, 0.25) is 0 Å². The van der Waals surface area contributed by atoms with Crippen LogP contribution in [-0.2, 0) is 9.47 Å². The summed E-state index contributed by atoms with van der Waals surface area (Å²) in [4.78, 5) is 0. The molecule has 1 atom stereocenters. The highest BCUT2D eigenvalue weighted by Crippen LogP contribution is 2.27. The van der Waals surface area contributed by atoms with Gasteiger partial charge in [0, 0.05) is 13.0 Å². The van der Waals surface area contributed by atoms with E-state index in [2.05, 4.69) is 13.8 Å². The third kappa shape index (κ3) is 6.76. The maximum atomic E-state index is 6.04. The maximum Gasteiger partial charge on any atom is 0.159 e. The summed E-state index contributed by atoms with van der Waals surface area (Å²) in [5.41, 5.74) is 0. The molecule has 1 rings (SSSR count). The van der Waals surface area contributed by atoms with Crippen LogP contribution in [-0.4, -0.2) is 20.0 Å². The molecule has 0 N–H and O–H groups in total. The van der Waals surface area contributed by atoms with Gasteiger partial charge in [-0.25, -0.2) is 0 Å². The zero-order chi connectivity index (χ0) is 13.9. The van der Waals surface area contributed by atoms with Crippen molar-refractivity contribution in [2.24, 2.45) is 11.8 Å². The van der Waals surface area contributed by atoms with Crippen molar-refractivity contribution in [3.05, 3.63) is 0 Å². The Morgan fingerprint density at radius 3 is 2.16 bits per heavy atom. The standard InChI is InChI=1S/C17H34O2/c1-4-9-16(10-5-2)17(18-3)19-14-13-15-11-7-6-8-12-15/h15-17H,4-14H2,1-3H3. The van der Waals surface area contributed by atoms with Crippen LogP contribution in [0.1, 0.15) is 78.1 Å². The highest BCUT2D eigenvalue weighted by atomic mass is 16.7. The van der Waals surface area contributed by atoms with Gasteiger partial charge in [0.1, 0.15) is 0 Å². The summed E-state index contributed by atoms with van der Waals surface area (Å²) in [5.74, 6) is 1.48. The summed E-state index contributed by atoms with van der Waals surface area (Å²) in [6.45, 7) is 5.38. The monoisotopic (exact) mass is 270 g/mol. The van der Waals surface area contributed by atoms with Gasteiger partial charge in [-0.05, 0) is 25.2 Å². The fourth-order valence-electron chi connectivity index (χ4n) is 3.38. The van der Waals surface area contributed by atoms with E-state index in [0.717, 1.165) is 12.5 Å². The van der Waals surface area contributed by atoms with Crippen molar-refractivity contribution in [1.29, 1.82) is 0 Å². The van der Waals surface area contributed by atoms with Gasteiger partial charge in [-0.2, -0.15) is 0 Å². The average molecular weight is 270 g/mol. The maximum absolute atomic E-state index is 6.04. The molecule has 0 aromatic heterocycles. The summed E-state index contributed by atoms with van der Waals surface area (Å²) in [7, 11) is 1.80. The molecule has 1 saturated carbocycles. The molecule has 0 aromatic carbocycles. The summed E-state index contributed by atoms with van der Waals surface area (Å²) in [5, 5.41) is 0. The van der Waals surface area contributed by atoms with Gasteiger partial charge in [-0.3, -0.25) is 0 Å². The zero-order valence-corrected chi connectivity index (χ0v) is 13.3. The van der Waals surface area contributed by atoms with Gasteiger partial charge in [0.05, 0.1) is 6.61 Å². The van der Waals surface area contributed by atoms with Crippen molar-refractivity contribution in [2.75, 3.05) is 13.7 Å². The van der Waals surface area contributed by atoms with Gasteiger partial charge in [0.25, 0.3) is 0 Å². The molecular formula is C17H34O2. The molecule has 19 heavy (non-hydrogen) atoms. The molecule has 1 aliphatic rings. The predicted molar refractivity (Wildman–Crippen MR) is 81.2 cm³/mol. The van der Waals surface area contributed by atoms with E-state index in [1.165, 1.54) is 64.2 Å². The van der Waals surface area contributed by atoms with E-state index in [0.29, 0.717) is 5.92 Å². The molecule has 1 unspecified atom stereocenters. The first-order valence-electron chi connectivity index (χ1n) is 8.46. The molecule has 0 radical (unpaired) electrons. The second-order valence-corrected chi connectivity index (χ2v) is 6.11. The number of hydrogen-bond donors (Lipinski definition) is 0. The van der Waals surface area contributed by atoms with Crippen molar-refractivity contribution in [2.45, 2.75) is 84.3 Å². The summed E-state index contributed by atoms with van der Waals surface area (Å²) < 4.78 is 11.6. The average Bonchev–Trinajstić information content (AvgIpc) is 2.45. The number of rotatable bonds is 10. The molecule has 2 nitrogen and oxygen atoms in total. The molecule has 0 spiro atoms. The van der Waals surface area contributed by atoms with Crippen molar-refractivity contribution < 1.29 is 9.47 Å². The third-order valence-corrected chi connectivity index (χ3v) is 4.47. The molecule has 0 aliphatic heterocycles. The fourth-order valence-corrected chi connectivity index (χ4v) is 3.38. The lowest BCUT2D eigenvalue weighted by Gasteiger charge is -2.27.